The van der Waals surface area contributed by atoms with Gasteiger partial charge in [-0.15, -0.1) is 0 Å². The third-order valence-electron chi connectivity index (χ3n) is 6.68. The Kier molecular flexibility index (Phi) is 6.56. The van der Waals surface area contributed by atoms with Crippen molar-refractivity contribution in [2.45, 2.75) is 41.8 Å². The van der Waals surface area contributed by atoms with Gasteiger partial charge in [0.2, 0.25) is 0 Å². The predicted octanol–water partition coefficient (Wildman–Crippen LogP) is 6.07. The van der Waals surface area contributed by atoms with Crippen LogP contribution in [0.2, 0.25) is 0 Å². The molecule has 1 saturated heterocycles. The molecule has 0 bridgehead atoms. The van der Waals surface area contributed by atoms with Crippen LogP contribution in [-0.2, 0) is 14.6 Å². The molecule has 4 atom stereocenters. The summed E-state index contributed by atoms with van der Waals surface area (Å²) >= 11 is 0. The van der Waals surface area contributed by atoms with E-state index in [9.17, 15) is 13.5 Å². The summed E-state index contributed by atoms with van der Waals surface area (Å²) in [6.07, 6.45) is -2.19. The van der Waals surface area contributed by atoms with Crippen molar-refractivity contribution in [3.8, 4) is 11.1 Å². The maximum absolute atomic E-state index is 13.8. The van der Waals surface area contributed by atoms with Crippen molar-refractivity contribution in [3.63, 3.8) is 0 Å². The van der Waals surface area contributed by atoms with Crippen LogP contribution in [0.4, 0.5) is 0 Å². The van der Waals surface area contributed by atoms with E-state index in [0.717, 1.165) is 27.8 Å². The molecule has 4 aromatic rings. The molecule has 4 aromatic carbocycles. The van der Waals surface area contributed by atoms with E-state index in [4.69, 9.17) is 4.74 Å². The molecule has 0 radical (unpaired) electrons. The molecule has 1 aliphatic rings. The largest absolute Gasteiger partial charge is 0.390 e. The quantitative estimate of drug-likeness (QED) is 0.374. The van der Waals surface area contributed by atoms with Gasteiger partial charge in [0.15, 0.2) is 9.84 Å². The second-order valence-corrected chi connectivity index (χ2v) is 11.2. The monoisotopic (exact) mass is 484 g/mol. The van der Waals surface area contributed by atoms with E-state index in [2.05, 4.69) is 0 Å². The zero-order chi connectivity index (χ0) is 24.4. The SMILES string of the molecule is Cc1ccc(S(=O)(=O)[C@H]2C[C@H](O)[C@@H](c3ccccc3)O[C@H]2c2ccc(-c3ccccc3)cc2)cc1. The molecule has 4 nitrogen and oxygen atoms in total. The molecule has 1 aliphatic heterocycles. The highest BCUT2D eigenvalue weighted by Gasteiger charge is 2.45. The summed E-state index contributed by atoms with van der Waals surface area (Å²) in [4.78, 5) is 0.243. The molecule has 1 N–H and O–H groups in total. The van der Waals surface area contributed by atoms with Crippen LogP contribution in [0.25, 0.3) is 11.1 Å². The summed E-state index contributed by atoms with van der Waals surface area (Å²) in [5.41, 5.74) is 4.73. The summed E-state index contributed by atoms with van der Waals surface area (Å²) in [5, 5.41) is 10.1. The Hall–Kier alpha value is -3.25. The highest BCUT2D eigenvalue weighted by Crippen LogP contribution is 2.44. The van der Waals surface area contributed by atoms with Gasteiger partial charge in [-0.1, -0.05) is 103 Å². The fourth-order valence-corrected chi connectivity index (χ4v) is 6.61. The second kappa shape index (κ2) is 9.78. The molecule has 35 heavy (non-hydrogen) atoms. The van der Waals surface area contributed by atoms with E-state index >= 15 is 0 Å². The van der Waals surface area contributed by atoms with Gasteiger partial charge in [0.05, 0.1) is 16.2 Å². The molecular weight excluding hydrogens is 456 g/mol. The van der Waals surface area contributed by atoms with Gasteiger partial charge in [-0.05, 0) is 47.7 Å². The Bertz CT molecular complexity index is 1370. The standard InChI is InChI=1S/C30H28O4S/c1-21-12-18-26(19-13-21)35(32,33)28-20-27(31)29(24-10-6-3-7-11-24)34-30(28)25-16-14-23(15-17-25)22-8-4-2-5-9-22/h2-19,27-31H,20H2,1H3/t27-,28-,29+,30-/m0/s1. The zero-order valence-electron chi connectivity index (χ0n) is 19.5. The van der Waals surface area contributed by atoms with Gasteiger partial charge in [0.1, 0.15) is 12.2 Å². The molecule has 0 aliphatic carbocycles. The van der Waals surface area contributed by atoms with E-state index in [1.54, 1.807) is 24.3 Å². The van der Waals surface area contributed by atoms with Crippen molar-refractivity contribution in [2.75, 3.05) is 0 Å². The van der Waals surface area contributed by atoms with Crippen molar-refractivity contribution in [1.82, 2.24) is 0 Å². The third kappa shape index (κ3) is 4.80. The molecule has 5 rings (SSSR count). The minimum atomic E-state index is -3.76. The fourth-order valence-electron chi connectivity index (χ4n) is 4.75. The first kappa shape index (κ1) is 23.5. The third-order valence-corrected chi connectivity index (χ3v) is 8.84. The molecule has 0 aromatic heterocycles. The van der Waals surface area contributed by atoms with Crippen LogP contribution in [0.3, 0.4) is 0 Å². The van der Waals surface area contributed by atoms with Gasteiger partial charge < -0.3 is 9.84 Å². The molecular formula is C30H28O4S. The molecule has 5 heteroatoms. The van der Waals surface area contributed by atoms with Crippen molar-refractivity contribution in [3.05, 3.63) is 126 Å². The molecule has 0 spiro atoms. The normalized spacial score (nSPS) is 22.6. The van der Waals surface area contributed by atoms with Crippen molar-refractivity contribution in [1.29, 1.82) is 0 Å². The fraction of sp³-hybridized carbons (Fsp3) is 0.200. The summed E-state index contributed by atoms with van der Waals surface area (Å²) in [6.45, 7) is 1.92. The van der Waals surface area contributed by atoms with Crippen molar-refractivity contribution < 1.29 is 18.3 Å². The average molecular weight is 485 g/mol. The molecule has 0 amide bonds. The van der Waals surface area contributed by atoms with Crippen molar-refractivity contribution >= 4 is 9.84 Å². The highest BCUT2D eigenvalue weighted by molar-refractivity contribution is 7.92. The van der Waals surface area contributed by atoms with Crippen LogP contribution in [0.5, 0.6) is 0 Å². The van der Waals surface area contributed by atoms with Crippen LogP contribution >= 0.6 is 0 Å². The van der Waals surface area contributed by atoms with E-state index in [0.29, 0.717) is 0 Å². The molecule has 178 valence electrons. The average Bonchev–Trinajstić information content (AvgIpc) is 2.90. The Balaban J connectivity index is 1.54. The summed E-state index contributed by atoms with van der Waals surface area (Å²) in [7, 11) is -3.76. The minimum Gasteiger partial charge on any atom is -0.390 e. The zero-order valence-corrected chi connectivity index (χ0v) is 20.3. The Morgan fingerprint density at radius 2 is 1.23 bits per heavy atom. The summed E-state index contributed by atoms with van der Waals surface area (Å²) in [6, 6.07) is 34.2. The number of hydrogen-bond acceptors (Lipinski definition) is 4. The van der Waals surface area contributed by atoms with Gasteiger partial charge in [-0.25, -0.2) is 8.42 Å². The van der Waals surface area contributed by atoms with Crippen LogP contribution < -0.4 is 0 Å². The summed E-state index contributed by atoms with van der Waals surface area (Å²) < 4.78 is 34.0. The van der Waals surface area contributed by atoms with Gasteiger partial charge >= 0.3 is 0 Å². The maximum Gasteiger partial charge on any atom is 0.184 e. The van der Waals surface area contributed by atoms with E-state index in [1.807, 2.05) is 91.9 Å². The predicted molar refractivity (Wildman–Crippen MR) is 138 cm³/mol. The lowest BCUT2D eigenvalue weighted by Gasteiger charge is -2.39. The first-order valence-corrected chi connectivity index (χ1v) is 13.3. The molecule has 0 unspecified atom stereocenters. The number of aryl methyl sites for hydroxylation is 1. The van der Waals surface area contributed by atoms with E-state index < -0.39 is 33.4 Å². The van der Waals surface area contributed by atoms with Crippen LogP contribution in [0.15, 0.2) is 114 Å². The van der Waals surface area contributed by atoms with Crippen LogP contribution in [0.1, 0.15) is 35.3 Å². The van der Waals surface area contributed by atoms with Crippen LogP contribution in [-0.4, -0.2) is 24.9 Å². The van der Waals surface area contributed by atoms with E-state index in [-0.39, 0.29) is 11.3 Å². The number of aliphatic hydroxyl groups excluding tert-OH is 1. The molecule has 1 heterocycles. The number of ether oxygens (including phenoxy) is 1. The Morgan fingerprint density at radius 1 is 0.686 bits per heavy atom. The molecule has 1 fully saturated rings. The van der Waals surface area contributed by atoms with Crippen LogP contribution in [0, 0.1) is 6.92 Å². The second-order valence-electron chi connectivity index (χ2n) is 9.08. The number of sulfone groups is 1. The maximum atomic E-state index is 13.8. The Labute approximate surface area is 206 Å². The lowest BCUT2D eigenvalue weighted by Crippen LogP contribution is -2.42. The summed E-state index contributed by atoms with van der Waals surface area (Å²) in [5.74, 6) is 0. The lowest BCUT2D eigenvalue weighted by molar-refractivity contribution is -0.119. The topological polar surface area (TPSA) is 63.6 Å². The van der Waals surface area contributed by atoms with E-state index in [1.165, 1.54) is 0 Å². The first-order valence-electron chi connectivity index (χ1n) is 11.8. The number of benzene rings is 4. The van der Waals surface area contributed by atoms with Crippen molar-refractivity contribution in [2.24, 2.45) is 0 Å². The smallest absolute Gasteiger partial charge is 0.184 e. The number of aliphatic hydroxyl groups is 1. The highest BCUT2D eigenvalue weighted by atomic mass is 32.2. The number of hydrogen-bond donors (Lipinski definition) is 1. The van der Waals surface area contributed by atoms with Gasteiger partial charge in [0, 0.05) is 0 Å². The first-order chi connectivity index (χ1) is 16.9. The van der Waals surface area contributed by atoms with Gasteiger partial charge in [-0.3, -0.25) is 0 Å². The molecule has 0 saturated carbocycles. The van der Waals surface area contributed by atoms with Gasteiger partial charge in [0.25, 0.3) is 0 Å². The number of rotatable bonds is 5. The lowest BCUT2D eigenvalue weighted by atomic mass is 9.91. The minimum absolute atomic E-state index is 0.0842. The Morgan fingerprint density at radius 3 is 1.86 bits per heavy atom. The van der Waals surface area contributed by atoms with Gasteiger partial charge in [-0.2, -0.15) is 0 Å².